The van der Waals surface area contributed by atoms with Crippen LogP contribution in [0.5, 0.6) is 5.88 Å². The highest BCUT2D eigenvalue weighted by atomic mass is 19.4. The summed E-state index contributed by atoms with van der Waals surface area (Å²) in [5.74, 6) is -0.418. The molecule has 0 aliphatic carbocycles. The number of halogens is 4. The van der Waals surface area contributed by atoms with Gasteiger partial charge in [0.1, 0.15) is 5.82 Å². The second-order valence-electron chi connectivity index (χ2n) is 4.23. The van der Waals surface area contributed by atoms with Gasteiger partial charge >= 0.3 is 6.18 Å². The van der Waals surface area contributed by atoms with E-state index in [1.807, 2.05) is 0 Å². The first-order chi connectivity index (χ1) is 9.32. The normalized spacial score (nSPS) is 11.5. The number of methoxy groups -OCH3 is 1. The molecule has 0 N–H and O–H groups in total. The van der Waals surface area contributed by atoms with E-state index in [2.05, 4.69) is 4.98 Å². The van der Waals surface area contributed by atoms with E-state index in [9.17, 15) is 17.6 Å². The predicted molar refractivity (Wildman–Crippen MR) is 65.9 cm³/mol. The number of aromatic nitrogens is 1. The van der Waals surface area contributed by atoms with Crippen molar-refractivity contribution in [3.63, 3.8) is 0 Å². The van der Waals surface area contributed by atoms with Crippen molar-refractivity contribution in [3.8, 4) is 17.0 Å². The monoisotopic (exact) mass is 285 g/mol. The SMILES string of the molecule is COc1ccc(-c2cc(F)c(C)cc2C(F)(F)F)cn1. The Bertz CT molecular complexity index is 620. The Morgan fingerprint density at radius 1 is 1.15 bits per heavy atom. The lowest BCUT2D eigenvalue weighted by atomic mass is 9.98. The Morgan fingerprint density at radius 2 is 1.85 bits per heavy atom. The summed E-state index contributed by atoms with van der Waals surface area (Å²) in [7, 11) is 1.40. The van der Waals surface area contributed by atoms with Gasteiger partial charge in [0.2, 0.25) is 5.88 Å². The van der Waals surface area contributed by atoms with Crippen LogP contribution in [0.4, 0.5) is 17.6 Å². The molecule has 20 heavy (non-hydrogen) atoms. The third kappa shape index (κ3) is 2.74. The molecule has 1 aromatic heterocycles. The summed E-state index contributed by atoms with van der Waals surface area (Å²) in [6.45, 7) is 1.29. The zero-order valence-corrected chi connectivity index (χ0v) is 10.8. The van der Waals surface area contributed by atoms with Gasteiger partial charge in [-0.05, 0) is 36.2 Å². The molecular formula is C14H11F4NO. The van der Waals surface area contributed by atoms with Crippen LogP contribution in [-0.2, 0) is 6.18 Å². The molecule has 0 amide bonds. The molecule has 6 heteroatoms. The molecule has 1 heterocycles. The first-order valence-electron chi connectivity index (χ1n) is 5.70. The maximum Gasteiger partial charge on any atom is 0.417 e. The van der Waals surface area contributed by atoms with Gasteiger partial charge in [0.25, 0.3) is 0 Å². The molecule has 0 aliphatic rings. The molecule has 2 nitrogen and oxygen atoms in total. The molecule has 0 saturated heterocycles. The number of alkyl halides is 3. The first kappa shape index (κ1) is 14.3. The molecule has 0 unspecified atom stereocenters. The second-order valence-corrected chi connectivity index (χ2v) is 4.23. The van der Waals surface area contributed by atoms with Gasteiger partial charge in [0.15, 0.2) is 0 Å². The smallest absolute Gasteiger partial charge is 0.417 e. The number of rotatable bonds is 2. The van der Waals surface area contributed by atoms with E-state index >= 15 is 0 Å². The van der Waals surface area contributed by atoms with E-state index in [1.54, 1.807) is 0 Å². The highest BCUT2D eigenvalue weighted by molar-refractivity contribution is 5.68. The summed E-state index contributed by atoms with van der Waals surface area (Å²) < 4.78 is 57.5. The standard InChI is InChI=1S/C14H11F4NO/c1-8-5-11(14(16,17)18)10(6-12(8)15)9-3-4-13(20-2)19-7-9/h3-7H,1-2H3. The van der Waals surface area contributed by atoms with Crippen LogP contribution in [0.15, 0.2) is 30.5 Å². The average molecular weight is 285 g/mol. The molecule has 0 aliphatic heterocycles. The third-order valence-corrected chi connectivity index (χ3v) is 2.86. The van der Waals surface area contributed by atoms with E-state index in [1.165, 1.54) is 32.4 Å². The van der Waals surface area contributed by atoms with E-state index in [4.69, 9.17) is 4.74 Å². The Labute approximate surface area is 113 Å². The van der Waals surface area contributed by atoms with Crippen molar-refractivity contribution in [2.24, 2.45) is 0 Å². The maximum atomic E-state index is 13.6. The molecule has 2 aromatic rings. The summed E-state index contributed by atoms with van der Waals surface area (Å²) in [4.78, 5) is 3.84. The Kier molecular flexibility index (Phi) is 3.65. The lowest BCUT2D eigenvalue weighted by Gasteiger charge is -2.14. The van der Waals surface area contributed by atoms with E-state index < -0.39 is 17.6 Å². The lowest BCUT2D eigenvalue weighted by Crippen LogP contribution is -2.08. The molecule has 1 aromatic carbocycles. The van der Waals surface area contributed by atoms with Crippen molar-refractivity contribution in [1.82, 2.24) is 4.98 Å². The zero-order valence-electron chi connectivity index (χ0n) is 10.8. The minimum atomic E-state index is -4.56. The van der Waals surface area contributed by atoms with E-state index in [0.29, 0.717) is 0 Å². The maximum absolute atomic E-state index is 13.6. The highest BCUT2D eigenvalue weighted by Gasteiger charge is 2.34. The van der Waals surface area contributed by atoms with Gasteiger partial charge in [-0.1, -0.05) is 0 Å². The molecule has 0 spiro atoms. The summed E-state index contributed by atoms with van der Waals surface area (Å²) in [5.41, 5.74) is -1.00. The molecule has 0 atom stereocenters. The molecule has 0 radical (unpaired) electrons. The van der Waals surface area contributed by atoms with Crippen LogP contribution in [0.1, 0.15) is 11.1 Å². The fraction of sp³-hybridized carbons (Fsp3) is 0.214. The summed E-state index contributed by atoms with van der Waals surface area (Å²) >= 11 is 0. The van der Waals surface area contributed by atoms with Crippen LogP contribution in [0.2, 0.25) is 0 Å². The van der Waals surface area contributed by atoms with Crippen LogP contribution < -0.4 is 4.74 Å². The second kappa shape index (κ2) is 5.11. The van der Waals surface area contributed by atoms with Gasteiger partial charge in [-0.2, -0.15) is 13.2 Å². The molecule has 106 valence electrons. The van der Waals surface area contributed by atoms with Crippen molar-refractivity contribution >= 4 is 0 Å². The molecule has 0 saturated carbocycles. The fourth-order valence-corrected chi connectivity index (χ4v) is 1.82. The van der Waals surface area contributed by atoms with Crippen LogP contribution in [0.25, 0.3) is 11.1 Å². The van der Waals surface area contributed by atoms with Crippen LogP contribution >= 0.6 is 0 Å². The number of ether oxygens (including phenoxy) is 1. The predicted octanol–water partition coefficient (Wildman–Crippen LogP) is 4.22. The number of nitrogens with zero attached hydrogens (tertiary/aromatic N) is 1. The van der Waals surface area contributed by atoms with Gasteiger partial charge in [0, 0.05) is 17.8 Å². The summed E-state index contributed by atoms with van der Waals surface area (Å²) in [5, 5.41) is 0. The largest absolute Gasteiger partial charge is 0.481 e. The summed E-state index contributed by atoms with van der Waals surface area (Å²) in [6, 6.07) is 4.51. The topological polar surface area (TPSA) is 22.1 Å². The summed E-state index contributed by atoms with van der Waals surface area (Å²) in [6.07, 6.45) is -3.34. The zero-order chi connectivity index (χ0) is 14.9. The van der Waals surface area contributed by atoms with Crippen LogP contribution in [0, 0.1) is 12.7 Å². The first-order valence-corrected chi connectivity index (χ1v) is 5.70. The van der Waals surface area contributed by atoms with Gasteiger partial charge in [-0.3, -0.25) is 0 Å². The average Bonchev–Trinajstić information content (AvgIpc) is 2.40. The third-order valence-electron chi connectivity index (χ3n) is 2.86. The molecule has 2 rings (SSSR count). The van der Waals surface area contributed by atoms with E-state index in [0.717, 1.165) is 12.1 Å². The number of hydrogen-bond acceptors (Lipinski definition) is 2. The van der Waals surface area contributed by atoms with Gasteiger partial charge < -0.3 is 4.74 Å². The number of aryl methyl sites for hydroxylation is 1. The number of pyridine rings is 1. The Balaban J connectivity index is 2.62. The lowest BCUT2D eigenvalue weighted by molar-refractivity contribution is -0.137. The van der Waals surface area contributed by atoms with Crippen molar-refractivity contribution < 1.29 is 22.3 Å². The van der Waals surface area contributed by atoms with Crippen molar-refractivity contribution in [1.29, 1.82) is 0 Å². The quantitative estimate of drug-likeness (QED) is 0.771. The minimum absolute atomic E-state index is 0.0532. The fourth-order valence-electron chi connectivity index (χ4n) is 1.82. The molecule has 0 bridgehead atoms. The number of hydrogen-bond donors (Lipinski definition) is 0. The van der Waals surface area contributed by atoms with Gasteiger partial charge in [-0.15, -0.1) is 0 Å². The van der Waals surface area contributed by atoms with E-state index in [-0.39, 0.29) is 22.6 Å². The molecular weight excluding hydrogens is 274 g/mol. The van der Waals surface area contributed by atoms with Crippen LogP contribution in [-0.4, -0.2) is 12.1 Å². The Morgan fingerprint density at radius 3 is 2.35 bits per heavy atom. The van der Waals surface area contributed by atoms with Crippen molar-refractivity contribution in [2.45, 2.75) is 13.1 Å². The number of benzene rings is 1. The molecule has 0 fully saturated rings. The Hall–Kier alpha value is -2.11. The highest BCUT2D eigenvalue weighted by Crippen LogP contribution is 2.38. The minimum Gasteiger partial charge on any atom is -0.481 e. The van der Waals surface area contributed by atoms with Crippen molar-refractivity contribution in [2.75, 3.05) is 7.11 Å². The van der Waals surface area contributed by atoms with Crippen LogP contribution in [0.3, 0.4) is 0 Å². The van der Waals surface area contributed by atoms with Gasteiger partial charge in [0.05, 0.1) is 12.7 Å². The van der Waals surface area contributed by atoms with Gasteiger partial charge in [-0.25, -0.2) is 9.37 Å². The van der Waals surface area contributed by atoms with Crippen molar-refractivity contribution in [3.05, 3.63) is 47.4 Å².